The summed E-state index contributed by atoms with van der Waals surface area (Å²) < 4.78 is 0. The van der Waals surface area contributed by atoms with Gasteiger partial charge in [-0.3, -0.25) is 4.79 Å². The van der Waals surface area contributed by atoms with Crippen LogP contribution in [0.1, 0.15) is 25.7 Å². The molecule has 0 aromatic heterocycles. The van der Waals surface area contributed by atoms with Crippen LogP contribution in [0.25, 0.3) is 0 Å². The quantitative estimate of drug-likeness (QED) is 0.857. The van der Waals surface area contributed by atoms with E-state index in [1.165, 1.54) is 0 Å². The molecule has 0 saturated carbocycles. The Hall–Kier alpha value is -1.06. The number of hydrogen-bond donors (Lipinski definition) is 1. The van der Waals surface area contributed by atoms with Gasteiger partial charge in [0.2, 0.25) is 5.91 Å². The Morgan fingerprint density at radius 2 is 1.89 bits per heavy atom. The van der Waals surface area contributed by atoms with Gasteiger partial charge >= 0.3 is 0 Å². The van der Waals surface area contributed by atoms with Crippen molar-refractivity contribution in [3.8, 4) is 0 Å². The van der Waals surface area contributed by atoms with Gasteiger partial charge in [-0.2, -0.15) is 0 Å². The summed E-state index contributed by atoms with van der Waals surface area (Å²) in [5.41, 5.74) is 0.717. The molecular formula is C15H19ClN2O. The highest BCUT2D eigenvalue weighted by molar-refractivity contribution is 6.33. The van der Waals surface area contributed by atoms with E-state index in [1.807, 2.05) is 29.2 Å². The molecule has 2 aliphatic heterocycles. The lowest BCUT2D eigenvalue weighted by molar-refractivity contribution is -0.132. The van der Waals surface area contributed by atoms with Gasteiger partial charge in [0, 0.05) is 6.54 Å². The van der Waals surface area contributed by atoms with Crippen molar-refractivity contribution in [3.63, 3.8) is 0 Å². The second kappa shape index (κ2) is 5.14. The molecule has 3 rings (SSSR count). The minimum Gasteiger partial charge on any atom is -0.317 e. The van der Waals surface area contributed by atoms with Crippen molar-refractivity contribution >= 4 is 23.2 Å². The standard InChI is InChI=1S/C15H19ClN2O/c16-12-4-1-2-5-13(12)18-11-3-6-15(14(18)19)7-9-17-10-8-15/h1-2,4-5,17H,3,6-11H2. The smallest absolute Gasteiger partial charge is 0.233 e. The zero-order valence-corrected chi connectivity index (χ0v) is 11.7. The van der Waals surface area contributed by atoms with E-state index in [0.717, 1.165) is 51.0 Å². The van der Waals surface area contributed by atoms with Crippen molar-refractivity contribution in [1.29, 1.82) is 0 Å². The van der Waals surface area contributed by atoms with Gasteiger partial charge in [-0.15, -0.1) is 0 Å². The molecule has 1 aromatic carbocycles. The fourth-order valence-electron chi connectivity index (χ4n) is 3.34. The lowest BCUT2D eigenvalue weighted by atomic mass is 9.72. The first kappa shape index (κ1) is 12.9. The van der Waals surface area contributed by atoms with Gasteiger partial charge in [0.25, 0.3) is 0 Å². The molecule has 2 saturated heterocycles. The summed E-state index contributed by atoms with van der Waals surface area (Å²) >= 11 is 6.24. The summed E-state index contributed by atoms with van der Waals surface area (Å²) in [6, 6.07) is 7.65. The Bertz CT molecular complexity index is 477. The van der Waals surface area contributed by atoms with Crippen molar-refractivity contribution in [3.05, 3.63) is 29.3 Å². The largest absolute Gasteiger partial charge is 0.317 e. The third kappa shape index (κ3) is 2.26. The Balaban J connectivity index is 1.91. The van der Waals surface area contributed by atoms with Crippen LogP contribution in [0.4, 0.5) is 5.69 Å². The fraction of sp³-hybridized carbons (Fsp3) is 0.533. The number of rotatable bonds is 1. The number of amides is 1. The van der Waals surface area contributed by atoms with Crippen LogP contribution in [0.3, 0.4) is 0 Å². The van der Waals surface area contributed by atoms with Crippen LogP contribution in [0.15, 0.2) is 24.3 Å². The summed E-state index contributed by atoms with van der Waals surface area (Å²) in [7, 11) is 0. The van der Waals surface area contributed by atoms with Gasteiger partial charge in [0.05, 0.1) is 16.1 Å². The van der Waals surface area contributed by atoms with Crippen LogP contribution in [0.5, 0.6) is 0 Å². The molecular weight excluding hydrogens is 260 g/mol. The molecule has 0 aliphatic carbocycles. The van der Waals surface area contributed by atoms with E-state index < -0.39 is 0 Å². The molecule has 0 atom stereocenters. The van der Waals surface area contributed by atoms with Crippen molar-refractivity contribution < 1.29 is 4.79 Å². The summed E-state index contributed by atoms with van der Waals surface area (Å²) in [5.74, 6) is 0.272. The number of piperidine rings is 2. The Morgan fingerprint density at radius 3 is 2.63 bits per heavy atom. The molecule has 1 aromatic rings. The van der Waals surface area contributed by atoms with E-state index in [1.54, 1.807) is 0 Å². The van der Waals surface area contributed by atoms with Gasteiger partial charge in [0.15, 0.2) is 0 Å². The van der Waals surface area contributed by atoms with Crippen LogP contribution < -0.4 is 10.2 Å². The van der Waals surface area contributed by atoms with Crippen molar-refractivity contribution in [2.75, 3.05) is 24.5 Å². The first-order chi connectivity index (χ1) is 9.23. The monoisotopic (exact) mass is 278 g/mol. The first-order valence-corrected chi connectivity index (χ1v) is 7.38. The third-order valence-corrected chi connectivity index (χ3v) is 4.76. The van der Waals surface area contributed by atoms with E-state index in [0.29, 0.717) is 5.02 Å². The Labute approximate surface area is 118 Å². The second-order valence-corrected chi connectivity index (χ2v) is 5.95. The number of hydrogen-bond acceptors (Lipinski definition) is 2. The topological polar surface area (TPSA) is 32.3 Å². The maximum Gasteiger partial charge on any atom is 0.233 e. The molecule has 102 valence electrons. The van der Waals surface area contributed by atoms with Gasteiger partial charge in [-0.1, -0.05) is 23.7 Å². The van der Waals surface area contributed by atoms with Crippen LogP contribution in [-0.4, -0.2) is 25.5 Å². The summed E-state index contributed by atoms with van der Waals surface area (Å²) in [5, 5.41) is 4.01. The van der Waals surface area contributed by atoms with E-state index >= 15 is 0 Å². The first-order valence-electron chi connectivity index (χ1n) is 7.00. The number of anilines is 1. The number of benzene rings is 1. The van der Waals surface area contributed by atoms with E-state index in [9.17, 15) is 4.79 Å². The normalized spacial score (nSPS) is 22.8. The van der Waals surface area contributed by atoms with Gasteiger partial charge in [0.1, 0.15) is 0 Å². The summed E-state index contributed by atoms with van der Waals surface area (Å²) in [4.78, 5) is 14.8. The molecule has 2 fully saturated rings. The minimum atomic E-state index is -0.150. The number of para-hydroxylation sites is 1. The number of nitrogens with one attached hydrogen (secondary N) is 1. The SMILES string of the molecule is O=C1N(c2ccccc2Cl)CCCC12CCNCC2. The predicted molar refractivity (Wildman–Crippen MR) is 77.6 cm³/mol. The highest BCUT2D eigenvalue weighted by Gasteiger charge is 2.44. The average molecular weight is 279 g/mol. The fourth-order valence-corrected chi connectivity index (χ4v) is 3.58. The van der Waals surface area contributed by atoms with Crippen LogP contribution in [-0.2, 0) is 4.79 Å². The van der Waals surface area contributed by atoms with Crippen LogP contribution in [0.2, 0.25) is 5.02 Å². The molecule has 19 heavy (non-hydrogen) atoms. The third-order valence-electron chi connectivity index (χ3n) is 4.44. The molecule has 2 aliphatic rings. The summed E-state index contributed by atoms with van der Waals surface area (Å²) in [6.07, 6.45) is 3.99. The molecule has 4 heteroatoms. The molecule has 0 bridgehead atoms. The second-order valence-electron chi connectivity index (χ2n) is 5.54. The van der Waals surface area contributed by atoms with Gasteiger partial charge in [-0.05, 0) is 50.9 Å². The zero-order valence-electron chi connectivity index (χ0n) is 11.0. The van der Waals surface area contributed by atoms with E-state index in [-0.39, 0.29) is 11.3 Å². The molecule has 2 heterocycles. The predicted octanol–water partition coefficient (Wildman–Crippen LogP) is 2.84. The zero-order chi connectivity index (χ0) is 13.3. The molecule has 3 nitrogen and oxygen atoms in total. The maximum atomic E-state index is 12.9. The molecule has 0 radical (unpaired) electrons. The van der Waals surface area contributed by atoms with Gasteiger partial charge in [-0.25, -0.2) is 0 Å². The lowest BCUT2D eigenvalue weighted by Crippen LogP contribution is -2.53. The molecule has 1 N–H and O–H groups in total. The van der Waals surface area contributed by atoms with Crippen LogP contribution in [0, 0.1) is 5.41 Å². The van der Waals surface area contributed by atoms with Crippen LogP contribution >= 0.6 is 11.6 Å². The number of halogens is 1. The Morgan fingerprint density at radius 1 is 1.16 bits per heavy atom. The number of carbonyl (C=O) groups excluding carboxylic acids is 1. The molecule has 1 spiro atoms. The minimum absolute atomic E-state index is 0.150. The number of carbonyl (C=O) groups is 1. The van der Waals surface area contributed by atoms with Crippen molar-refractivity contribution in [2.45, 2.75) is 25.7 Å². The molecule has 0 unspecified atom stereocenters. The lowest BCUT2D eigenvalue weighted by Gasteiger charge is -2.44. The molecule has 1 amide bonds. The van der Waals surface area contributed by atoms with Gasteiger partial charge < -0.3 is 10.2 Å². The highest BCUT2D eigenvalue weighted by Crippen LogP contribution is 2.41. The summed E-state index contributed by atoms with van der Waals surface area (Å²) in [6.45, 7) is 2.68. The van der Waals surface area contributed by atoms with Crippen molar-refractivity contribution in [1.82, 2.24) is 5.32 Å². The van der Waals surface area contributed by atoms with Crippen molar-refractivity contribution in [2.24, 2.45) is 5.41 Å². The maximum absolute atomic E-state index is 12.9. The Kier molecular flexibility index (Phi) is 3.50. The van der Waals surface area contributed by atoms with E-state index in [2.05, 4.69) is 5.32 Å². The number of nitrogens with zero attached hydrogens (tertiary/aromatic N) is 1. The highest BCUT2D eigenvalue weighted by atomic mass is 35.5. The average Bonchev–Trinajstić information content (AvgIpc) is 2.44. The van der Waals surface area contributed by atoms with E-state index in [4.69, 9.17) is 11.6 Å².